The van der Waals surface area contributed by atoms with Crippen LogP contribution in [-0.4, -0.2) is 19.2 Å². The molecule has 6 heteroatoms. The van der Waals surface area contributed by atoms with Gasteiger partial charge < -0.3 is 4.74 Å². The summed E-state index contributed by atoms with van der Waals surface area (Å²) in [7, 11) is 1.59. The fourth-order valence-corrected chi connectivity index (χ4v) is 2.51. The van der Waals surface area contributed by atoms with Crippen molar-refractivity contribution >= 4 is 35.1 Å². The maximum Gasteiger partial charge on any atom is 0.244 e. The molecule has 2 rings (SSSR count). The van der Waals surface area contributed by atoms with E-state index in [0.717, 1.165) is 16.2 Å². The van der Waals surface area contributed by atoms with Crippen molar-refractivity contribution in [2.75, 3.05) is 7.11 Å². The molecule has 20 heavy (non-hydrogen) atoms. The molecule has 0 unspecified atom stereocenters. The Morgan fingerprint density at radius 3 is 3.00 bits per heavy atom. The molecule has 2 aromatic rings. The molecular formula is C14H13ClN2O2S. The van der Waals surface area contributed by atoms with Gasteiger partial charge in [0.15, 0.2) is 0 Å². The number of carbonyl (C=O) groups excluding carboxylic acids is 1. The van der Waals surface area contributed by atoms with Crippen molar-refractivity contribution in [1.29, 1.82) is 0 Å². The first kappa shape index (κ1) is 14.6. The van der Waals surface area contributed by atoms with Crippen LogP contribution in [0.15, 0.2) is 41.5 Å². The number of nitrogens with zero attached hydrogens (tertiary/aromatic N) is 1. The Morgan fingerprint density at radius 2 is 2.30 bits per heavy atom. The van der Waals surface area contributed by atoms with Gasteiger partial charge in [0.05, 0.1) is 24.1 Å². The fraction of sp³-hybridized carbons (Fsp3) is 0.143. The molecule has 0 saturated carbocycles. The second-order valence-electron chi connectivity index (χ2n) is 3.96. The highest BCUT2D eigenvalue weighted by atomic mass is 35.5. The highest BCUT2D eigenvalue weighted by Crippen LogP contribution is 2.19. The van der Waals surface area contributed by atoms with Crippen LogP contribution in [0.25, 0.3) is 0 Å². The lowest BCUT2D eigenvalue weighted by atomic mass is 10.1. The van der Waals surface area contributed by atoms with Crippen LogP contribution in [0.2, 0.25) is 4.34 Å². The molecule has 0 spiro atoms. The van der Waals surface area contributed by atoms with Gasteiger partial charge in [-0.25, -0.2) is 5.43 Å². The van der Waals surface area contributed by atoms with E-state index in [0.29, 0.717) is 4.34 Å². The van der Waals surface area contributed by atoms with Crippen molar-refractivity contribution in [1.82, 2.24) is 5.43 Å². The van der Waals surface area contributed by atoms with Gasteiger partial charge in [0.1, 0.15) is 5.75 Å². The summed E-state index contributed by atoms with van der Waals surface area (Å²) in [6, 6.07) is 11.0. The molecule has 1 heterocycles. The molecule has 1 aromatic heterocycles. The first-order chi connectivity index (χ1) is 9.67. The molecule has 0 aliphatic heterocycles. The van der Waals surface area contributed by atoms with E-state index >= 15 is 0 Å². The zero-order chi connectivity index (χ0) is 14.4. The molecule has 1 N–H and O–H groups in total. The largest absolute Gasteiger partial charge is 0.497 e. The number of amides is 1. The van der Waals surface area contributed by atoms with E-state index in [2.05, 4.69) is 10.5 Å². The minimum atomic E-state index is -0.183. The number of hydrogen-bond donors (Lipinski definition) is 1. The first-order valence-electron chi connectivity index (χ1n) is 5.87. The molecule has 0 saturated heterocycles. The van der Waals surface area contributed by atoms with Crippen LogP contribution in [-0.2, 0) is 11.2 Å². The van der Waals surface area contributed by atoms with Gasteiger partial charge in [0, 0.05) is 4.88 Å². The number of hydrazone groups is 1. The molecule has 0 bridgehead atoms. The number of methoxy groups -OCH3 is 1. The van der Waals surface area contributed by atoms with Gasteiger partial charge >= 0.3 is 0 Å². The van der Waals surface area contributed by atoms with E-state index in [1.165, 1.54) is 11.3 Å². The second-order valence-corrected chi connectivity index (χ2v) is 5.71. The third-order valence-electron chi connectivity index (χ3n) is 2.47. The number of halogens is 1. The van der Waals surface area contributed by atoms with Gasteiger partial charge in [-0.1, -0.05) is 23.7 Å². The molecule has 0 fully saturated rings. The summed E-state index contributed by atoms with van der Waals surface area (Å²) < 4.78 is 5.79. The number of nitrogens with one attached hydrogen (secondary N) is 1. The van der Waals surface area contributed by atoms with E-state index in [9.17, 15) is 4.79 Å². The fourth-order valence-electron chi connectivity index (χ4n) is 1.57. The van der Waals surface area contributed by atoms with Crippen molar-refractivity contribution in [2.45, 2.75) is 6.42 Å². The summed E-state index contributed by atoms with van der Waals surface area (Å²) in [5.74, 6) is 0.546. The van der Waals surface area contributed by atoms with Crippen LogP contribution >= 0.6 is 22.9 Å². The zero-order valence-electron chi connectivity index (χ0n) is 10.8. The van der Waals surface area contributed by atoms with E-state index in [-0.39, 0.29) is 12.3 Å². The van der Waals surface area contributed by atoms with Crippen molar-refractivity contribution < 1.29 is 9.53 Å². The molecule has 0 atom stereocenters. The van der Waals surface area contributed by atoms with Gasteiger partial charge in [0.25, 0.3) is 0 Å². The molecular weight excluding hydrogens is 296 g/mol. The third kappa shape index (κ3) is 4.36. The number of rotatable bonds is 5. The minimum Gasteiger partial charge on any atom is -0.497 e. The van der Waals surface area contributed by atoms with Crippen LogP contribution in [0, 0.1) is 0 Å². The molecule has 104 valence electrons. The van der Waals surface area contributed by atoms with Gasteiger partial charge in [-0.3, -0.25) is 4.79 Å². The van der Waals surface area contributed by atoms with Crippen molar-refractivity contribution in [2.24, 2.45) is 5.10 Å². The molecule has 4 nitrogen and oxygen atoms in total. The Hall–Kier alpha value is -1.85. The number of carbonyl (C=O) groups is 1. The number of hydrogen-bond acceptors (Lipinski definition) is 4. The normalized spacial score (nSPS) is 10.7. The average molecular weight is 309 g/mol. The lowest BCUT2D eigenvalue weighted by Gasteiger charge is -2.03. The average Bonchev–Trinajstić information content (AvgIpc) is 2.84. The second kappa shape index (κ2) is 7.07. The summed E-state index contributed by atoms with van der Waals surface area (Å²) >= 11 is 7.19. The van der Waals surface area contributed by atoms with Crippen LogP contribution in [0.1, 0.15) is 10.4 Å². The smallest absolute Gasteiger partial charge is 0.244 e. The molecule has 0 aliphatic carbocycles. The van der Waals surface area contributed by atoms with Gasteiger partial charge in [-0.05, 0) is 29.8 Å². The Balaban J connectivity index is 1.87. The number of thiophene rings is 1. The van der Waals surface area contributed by atoms with E-state index in [1.54, 1.807) is 19.4 Å². The summed E-state index contributed by atoms with van der Waals surface area (Å²) in [6.45, 7) is 0. The lowest BCUT2D eigenvalue weighted by Crippen LogP contribution is -2.19. The Labute approximate surface area is 126 Å². The third-order valence-corrected chi connectivity index (χ3v) is 3.64. The van der Waals surface area contributed by atoms with Crippen LogP contribution in [0.4, 0.5) is 0 Å². The highest BCUT2D eigenvalue weighted by Gasteiger charge is 2.03. The van der Waals surface area contributed by atoms with Gasteiger partial charge in [-0.15, -0.1) is 11.3 Å². The molecule has 0 radical (unpaired) electrons. The van der Waals surface area contributed by atoms with Gasteiger partial charge in [-0.2, -0.15) is 5.10 Å². The predicted octanol–water partition coefficient (Wildman–Crippen LogP) is 3.10. The van der Waals surface area contributed by atoms with E-state index in [4.69, 9.17) is 16.3 Å². The predicted molar refractivity (Wildman–Crippen MR) is 81.8 cm³/mol. The molecule has 1 amide bonds. The zero-order valence-corrected chi connectivity index (χ0v) is 12.4. The van der Waals surface area contributed by atoms with Crippen LogP contribution < -0.4 is 10.2 Å². The summed E-state index contributed by atoms with van der Waals surface area (Å²) in [6.07, 6.45) is 1.82. The summed E-state index contributed by atoms with van der Waals surface area (Å²) in [5.41, 5.74) is 3.35. The maximum absolute atomic E-state index is 11.7. The Morgan fingerprint density at radius 1 is 1.45 bits per heavy atom. The van der Waals surface area contributed by atoms with E-state index < -0.39 is 0 Å². The first-order valence-corrected chi connectivity index (χ1v) is 7.07. The SMILES string of the molecule is COc1cccc(CC(=O)N/N=C/c2ccc(Cl)s2)c1. The van der Waals surface area contributed by atoms with Crippen molar-refractivity contribution in [3.05, 3.63) is 51.2 Å². The lowest BCUT2D eigenvalue weighted by molar-refractivity contribution is -0.120. The quantitative estimate of drug-likeness (QED) is 0.681. The number of benzene rings is 1. The summed E-state index contributed by atoms with van der Waals surface area (Å²) in [4.78, 5) is 12.6. The Kier molecular flexibility index (Phi) is 5.15. The monoisotopic (exact) mass is 308 g/mol. The number of ether oxygens (including phenoxy) is 1. The maximum atomic E-state index is 11.7. The highest BCUT2D eigenvalue weighted by molar-refractivity contribution is 7.17. The molecule has 1 aromatic carbocycles. The van der Waals surface area contributed by atoms with Crippen LogP contribution in [0.5, 0.6) is 5.75 Å². The Bertz CT molecular complexity index is 625. The minimum absolute atomic E-state index is 0.183. The molecule has 0 aliphatic rings. The van der Waals surface area contributed by atoms with Crippen LogP contribution in [0.3, 0.4) is 0 Å². The van der Waals surface area contributed by atoms with Crippen molar-refractivity contribution in [3.63, 3.8) is 0 Å². The van der Waals surface area contributed by atoms with Crippen molar-refractivity contribution in [3.8, 4) is 5.75 Å². The summed E-state index contributed by atoms with van der Waals surface area (Å²) in [5, 5.41) is 3.89. The topological polar surface area (TPSA) is 50.7 Å². The van der Waals surface area contributed by atoms with Gasteiger partial charge in [0.2, 0.25) is 5.91 Å². The van der Waals surface area contributed by atoms with E-state index in [1.807, 2.05) is 30.3 Å². The standard InChI is InChI=1S/C14H13ClN2O2S/c1-19-11-4-2-3-10(7-11)8-14(18)17-16-9-12-5-6-13(15)20-12/h2-7,9H,8H2,1H3,(H,17,18)/b16-9+.